The van der Waals surface area contributed by atoms with Crippen LogP contribution in [0.1, 0.15) is 5.76 Å². The predicted molar refractivity (Wildman–Crippen MR) is 88.4 cm³/mol. The number of thioether (sulfide) groups is 1. The van der Waals surface area contributed by atoms with Gasteiger partial charge in [-0.05, 0) is 18.2 Å². The third kappa shape index (κ3) is 2.60. The van der Waals surface area contributed by atoms with Gasteiger partial charge in [0, 0.05) is 24.9 Å². The van der Waals surface area contributed by atoms with E-state index in [0.29, 0.717) is 16.7 Å². The molecule has 4 rings (SSSR count). The highest BCUT2D eigenvalue weighted by Crippen LogP contribution is 2.33. The number of rotatable bonds is 2. The zero-order valence-electron chi connectivity index (χ0n) is 12.2. The van der Waals surface area contributed by atoms with Gasteiger partial charge in [0.1, 0.15) is 11.3 Å². The largest absolute Gasteiger partial charge is 0.455 e. The summed E-state index contributed by atoms with van der Waals surface area (Å²) in [6.45, 7) is 4.46. The van der Waals surface area contributed by atoms with E-state index >= 15 is 0 Å². The monoisotopic (exact) mass is 315 g/mol. The topological polar surface area (TPSA) is 42.7 Å². The molecule has 1 saturated heterocycles. The van der Waals surface area contributed by atoms with Crippen LogP contribution < -0.4 is 5.43 Å². The van der Waals surface area contributed by atoms with Crippen LogP contribution in [0.2, 0.25) is 0 Å². The zero-order chi connectivity index (χ0) is 14.9. The van der Waals surface area contributed by atoms with Crippen molar-refractivity contribution in [1.82, 2.24) is 4.90 Å². The first-order valence-electron chi connectivity index (χ1n) is 7.52. The van der Waals surface area contributed by atoms with Gasteiger partial charge in [-0.2, -0.15) is 0 Å². The second kappa shape index (κ2) is 5.91. The van der Waals surface area contributed by atoms with Gasteiger partial charge in [-0.15, -0.1) is 11.8 Å². The van der Waals surface area contributed by atoms with Gasteiger partial charge in [0.2, 0.25) is 5.43 Å². The summed E-state index contributed by atoms with van der Waals surface area (Å²) < 4.78 is 11.2. The smallest absolute Gasteiger partial charge is 0.206 e. The fourth-order valence-electron chi connectivity index (χ4n) is 2.89. The minimum atomic E-state index is 0.0816. The number of para-hydroxylation sites is 1. The Balaban J connectivity index is 1.63. The van der Waals surface area contributed by atoms with E-state index in [4.69, 9.17) is 9.15 Å². The van der Waals surface area contributed by atoms with Gasteiger partial charge in [0.25, 0.3) is 0 Å². The van der Waals surface area contributed by atoms with E-state index in [9.17, 15) is 4.79 Å². The molecular formula is C17H17NO3S. The molecule has 0 aliphatic carbocycles. The van der Waals surface area contributed by atoms with Crippen molar-refractivity contribution in [3.63, 3.8) is 0 Å². The molecule has 4 nitrogen and oxygen atoms in total. The van der Waals surface area contributed by atoms with E-state index in [1.54, 1.807) is 11.8 Å². The van der Waals surface area contributed by atoms with E-state index in [0.717, 1.165) is 37.7 Å². The van der Waals surface area contributed by atoms with E-state index in [-0.39, 0.29) is 10.7 Å². The molecule has 0 saturated carbocycles. The van der Waals surface area contributed by atoms with Crippen LogP contribution in [0.15, 0.2) is 44.4 Å². The summed E-state index contributed by atoms with van der Waals surface area (Å²) in [5.74, 6) is 0.687. The van der Waals surface area contributed by atoms with Crippen LogP contribution in [0.4, 0.5) is 0 Å². The van der Waals surface area contributed by atoms with Gasteiger partial charge in [-0.25, -0.2) is 0 Å². The second-order valence-corrected chi connectivity index (χ2v) is 6.80. The summed E-state index contributed by atoms with van der Waals surface area (Å²) >= 11 is 1.62. The molecule has 0 spiro atoms. The van der Waals surface area contributed by atoms with Crippen LogP contribution >= 0.6 is 11.8 Å². The summed E-state index contributed by atoms with van der Waals surface area (Å²) in [4.78, 5) is 15.8. The van der Waals surface area contributed by atoms with Gasteiger partial charge in [0.15, 0.2) is 0 Å². The molecule has 0 amide bonds. The van der Waals surface area contributed by atoms with Crippen LogP contribution in [0, 0.1) is 0 Å². The fraction of sp³-hybridized carbons (Fsp3) is 0.353. The average Bonchev–Trinajstić information content (AvgIpc) is 2.57. The van der Waals surface area contributed by atoms with Crippen molar-refractivity contribution < 1.29 is 9.15 Å². The number of hydrogen-bond donors (Lipinski definition) is 0. The maximum Gasteiger partial charge on any atom is 0.206 e. The lowest BCUT2D eigenvalue weighted by Gasteiger charge is -2.30. The molecule has 2 aliphatic rings. The first-order chi connectivity index (χ1) is 10.8. The maximum absolute atomic E-state index is 12.7. The first-order valence-corrected chi connectivity index (χ1v) is 8.40. The molecular weight excluding hydrogens is 298 g/mol. The standard InChI is InChI=1S/C17H17NO3S/c19-16-13-3-1-2-4-14(13)21-15-6-5-12(22-17(15)16)11-18-7-9-20-10-8-18/h1-6,12H,7-11H2. The Morgan fingerprint density at radius 1 is 1.23 bits per heavy atom. The van der Waals surface area contributed by atoms with Crippen LogP contribution in [-0.4, -0.2) is 43.0 Å². The first kappa shape index (κ1) is 14.1. The number of morpholine rings is 1. The maximum atomic E-state index is 12.7. The Labute approximate surface area is 132 Å². The molecule has 114 valence electrons. The van der Waals surface area contributed by atoms with Crippen molar-refractivity contribution in [3.05, 3.63) is 46.3 Å². The quantitative estimate of drug-likeness (QED) is 0.852. The number of nitrogens with zero attached hydrogens (tertiary/aromatic N) is 1. The van der Waals surface area contributed by atoms with E-state index < -0.39 is 0 Å². The summed E-state index contributed by atoms with van der Waals surface area (Å²) in [7, 11) is 0. The van der Waals surface area contributed by atoms with Gasteiger partial charge in [-0.3, -0.25) is 9.69 Å². The van der Waals surface area contributed by atoms with Crippen LogP contribution in [0.3, 0.4) is 0 Å². The molecule has 5 heteroatoms. The molecule has 0 N–H and O–H groups in total. The second-order valence-electron chi connectivity index (χ2n) is 5.55. The average molecular weight is 315 g/mol. The van der Waals surface area contributed by atoms with Gasteiger partial charge in [0.05, 0.1) is 23.5 Å². The molecule has 0 bridgehead atoms. The minimum Gasteiger partial charge on any atom is -0.455 e. The molecule has 1 fully saturated rings. The normalized spacial score (nSPS) is 21.9. The van der Waals surface area contributed by atoms with E-state index in [2.05, 4.69) is 11.0 Å². The Bertz CT molecular complexity index is 777. The number of hydrogen-bond acceptors (Lipinski definition) is 5. The van der Waals surface area contributed by atoms with Gasteiger partial charge < -0.3 is 9.15 Å². The minimum absolute atomic E-state index is 0.0816. The van der Waals surface area contributed by atoms with Crippen molar-refractivity contribution in [3.8, 4) is 0 Å². The summed E-state index contributed by atoms with van der Waals surface area (Å²) in [6, 6.07) is 7.44. The molecule has 2 aliphatic heterocycles. The van der Waals surface area contributed by atoms with Crippen LogP contribution in [0.25, 0.3) is 17.0 Å². The fourth-order valence-corrected chi connectivity index (χ4v) is 4.07. The molecule has 2 aromatic rings. The Morgan fingerprint density at radius 3 is 2.91 bits per heavy atom. The van der Waals surface area contributed by atoms with Crippen LogP contribution in [-0.2, 0) is 4.74 Å². The summed E-state index contributed by atoms with van der Waals surface area (Å²) in [6.07, 6.45) is 4.09. The van der Waals surface area contributed by atoms with Crippen molar-refractivity contribution in [2.24, 2.45) is 0 Å². The molecule has 1 aromatic heterocycles. The Hall–Kier alpha value is -1.56. The lowest BCUT2D eigenvalue weighted by Crippen LogP contribution is -2.40. The molecule has 22 heavy (non-hydrogen) atoms. The summed E-state index contributed by atoms with van der Waals surface area (Å²) in [5, 5.41) is 0.948. The van der Waals surface area contributed by atoms with Crippen molar-refractivity contribution in [2.75, 3.05) is 32.8 Å². The Morgan fingerprint density at radius 2 is 2.05 bits per heavy atom. The highest BCUT2D eigenvalue weighted by atomic mass is 32.2. The number of benzene rings is 1. The Kier molecular flexibility index (Phi) is 3.78. The molecule has 1 unspecified atom stereocenters. The molecule has 1 atom stereocenters. The number of ether oxygens (including phenoxy) is 1. The highest BCUT2D eigenvalue weighted by Gasteiger charge is 2.23. The highest BCUT2D eigenvalue weighted by molar-refractivity contribution is 8.00. The molecule has 0 radical (unpaired) electrons. The van der Waals surface area contributed by atoms with Crippen molar-refractivity contribution in [1.29, 1.82) is 0 Å². The van der Waals surface area contributed by atoms with Crippen LogP contribution in [0.5, 0.6) is 0 Å². The SMILES string of the molecule is O=c1c2c(oc3ccccc13)C=CC(CN1CCOCC1)S2. The van der Waals surface area contributed by atoms with E-state index in [1.165, 1.54) is 0 Å². The zero-order valence-corrected chi connectivity index (χ0v) is 13.0. The third-order valence-electron chi connectivity index (χ3n) is 4.05. The summed E-state index contributed by atoms with van der Waals surface area (Å²) in [5.41, 5.74) is 0.737. The lowest BCUT2D eigenvalue weighted by molar-refractivity contribution is 0.0393. The third-order valence-corrected chi connectivity index (χ3v) is 5.29. The predicted octanol–water partition coefficient (Wildman–Crippen LogP) is 2.61. The molecule has 1 aromatic carbocycles. The van der Waals surface area contributed by atoms with Gasteiger partial charge >= 0.3 is 0 Å². The van der Waals surface area contributed by atoms with Crippen molar-refractivity contribution >= 4 is 28.8 Å². The number of fused-ring (bicyclic) bond motifs is 2. The van der Waals surface area contributed by atoms with Gasteiger partial charge in [-0.1, -0.05) is 18.2 Å². The lowest BCUT2D eigenvalue weighted by atomic mass is 10.2. The van der Waals surface area contributed by atoms with E-state index in [1.807, 2.05) is 30.3 Å². The molecule has 3 heterocycles. The van der Waals surface area contributed by atoms with Crippen molar-refractivity contribution in [2.45, 2.75) is 10.1 Å².